The van der Waals surface area contributed by atoms with Crippen molar-refractivity contribution < 1.29 is 9.90 Å². The Balaban J connectivity index is 1.31. The van der Waals surface area contributed by atoms with Gasteiger partial charge < -0.3 is 20.2 Å². The molecule has 31 heavy (non-hydrogen) atoms. The van der Waals surface area contributed by atoms with Gasteiger partial charge in [0.05, 0.1) is 5.69 Å². The van der Waals surface area contributed by atoms with Crippen molar-refractivity contribution in [3.8, 4) is 5.75 Å². The maximum Gasteiger partial charge on any atom is 0.317 e. The van der Waals surface area contributed by atoms with Crippen LogP contribution in [0.2, 0.25) is 0 Å². The van der Waals surface area contributed by atoms with Gasteiger partial charge in [-0.3, -0.25) is 0 Å². The van der Waals surface area contributed by atoms with Crippen molar-refractivity contribution in [2.45, 2.75) is 12.3 Å². The lowest BCUT2D eigenvalue weighted by molar-refractivity contribution is 0.194. The maximum atomic E-state index is 12.7. The van der Waals surface area contributed by atoms with Gasteiger partial charge in [0, 0.05) is 38.6 Å². The van der Waals surface area contributed by atoms with Gasteiger partial charge in [0.1, 0.15) is 5.75 Å². The number of piperazine rings is 1. The van der Waals surface area contributed by atoms with Gasteiger partial charge >= 0.3 is 6.03 Å². The number of phenolic OH excluding ortho intramolecular Hbond substituents is 1. The van der Waals surface area contributed by atoms with Crippen molar-refractivity contribution in [1.29, 1.82) is 0 Å². The minimum atomic E-state index is -0.0168. The number of anilines is 1. The van der Waals surface area contributed by atoms with Gasteiger partial charge in [-0.25, -0.2) is 4.79 Å². The average molecular weight is 416 g/mol. The Morgan fingerprint density at radius 3 is 1.94 bits per heavy atom. The van der Waals surface area contributed by atoms with Crippen LogP contribution in [0, 0.1) is 0 Å². The Hall–Kier alpha value is -3.47. The van der Waals surface area contributed by atoms with Crippen LogP contribution in [0.25, 0.3) is 0 Å². The summed E-state index contributed by atoms with van der Waals surface area (Å²) in [6, 6.07) is 28.3. The first-order valence-electron chi connectivity index (χ1n) is 10.9. The Morgan fingerprint density at radius 2 is 1.35 bits per heavy atom. The highest BCUT2D eigenvalue weighted by atomic mass is 16.3. The number of carbonyl (C=O) groups is 1. The van der Waals surface area contributed by atoms with E-state index in [2.05, 4.69) is 58.7 Å². The van der Waals surface area contributed by atoms with E-state index in [0.717, 1.165) is 12.1 Å². The van der Waals surface area contributed by atoms with Crippen molar-refractivity contribution in [3.05, 3.63) is 96.1 Å². The van der Waals surface area contributed by atoms with Crippen LogP contribution in [0.15, 0.2) is 84.9 Å². The second-order valence-corrected chi connectivity index (χ2v) is 7.86. The number of para-hydroxylation sites is 2. The fourth-order valence-electron chi connectivity index (χ4n) is 4.21. The lowest BCUT2D eigenvalue weighted by Crippen LogP contribution is -2.52. The third kappa shape index (κ3) is 5.18. The Morgan fingerprint density at radius 1 is 0.806 bits per heavy atom. The second kappa shape index (κ2) is 10.0. The first kappa shape index (κ1) is 20.8. The van der Waals surface area contributed by atoms with Crippen LogP contribution in [-0.4, -0.2) is 48.8 Å². The molecule has 1 aliphatic heterocycles. The largest absolute Gasteiger partial charge is 0.506 e. The molecule has 2 amide bonds. The Labute approximate surface area is 183 Å². The van der Waals surface area contributed by atoms with E-state index in [-0.39, 0.29) is 17.7 Å². The molecule has 1 aliphatic rings. The fraction of sp³-hybridized carbons (Fsp3) is 0.269. The molecule has 160 valence electrons. The lowest BCUT2D eigenvalue weighted by atomic mass is 9.88. The van der Waals surface area contributed by atoms with E-state index in [9.17, 15) is 9.90 Å². The SMILES string of the molecule is O=C(NCCC(c1ccccc1)c1ccccc1)N1CCN(c2ccccc2O)CC1. The zero-order chi connectivity index (χ0) is 21.5. The number of nitrogens with one attached hydrogen (secondary N) is 1. The average Bonchev–Trinajstić information content (AvgIpc) is 2.83. The maximum absolute atomic E-state index is 12.7. The van der Waals surface area contributed by atoms with Crippen LogP contribution < -0.4 is 10.2 Å². The quantitative estimate of drug-likeness (QED) is 0.626. The van der Waals surface area contributed by atoms with Crippen LogP contribution >= 0.6 is 0 Å². The molecule has 2 N–H and O–H groups in total. The van der Waals surface area contributed by atoms with Gasteiger partial charge in [-0.2, -0.15) is 0 Å². The summed E-state index contributed by atoms with van der Waals surface area (Å²) >= 11 is 0. The predicted molar refractivity (Wildman–Crippen MR) is 125 cm³/mol. The Kier molecular flexibility index (Phi) is 6.72. The van der Waals surface area contributed by atoms with Crippen molar-refractivity contribution in [2.75, 3.05) is 37.6 Å². The first-order chi connectivity index (χ1) is 15.2. The third-order valence-electron chi connectivity index (χ3n) is 5.90. The summed E-state index contributed by atoms with van der Waals surface area (Å²) in [4.78, 5) is 16.7. The molecular weight excluding hydrogens is 386 g/mol. The van der Waals surface area contributed by atoms with Gasteiger partial charge in [-0.15, -0.1) is 0 Å². The van der Waals surface area contributed by atoms with Crippen molar-refractivity contribution in [1.82, 2.24) is 10.2 Å². The van der Waals surface area contributed by atoms with Crippen LogP contribution in [0.4, 0.5) is 10.5 Å². The van der Waals surface area contributed by atoms with Gasteiger partial charge in [-0.1, -0.05) is 72.8 Å². The third-order valence-corrected chi connectivity index (χ3v) is 5.90. The molecule has 0 aromatic heterocycles. The van der Waals surface area contributed by atoms with Gasteiger partial charge in [0.15, 0.2) is 0 Å². The fourth-order valence-corrected chi connectivity index (χ4v) is 4.21. The number of phenols is 1. The number of benzene rings is 3. The van der Waals surface area contributed by atoms with Gasteiger partial charge in [-0.05, 0) is 29.7 Å². The summed E-state index contributed by atoms with van der Waals surface area (Å²) < 4.78 is 0. The van der Waals surface area contributed by atoms with Crippen molar-refractivity contribution >= 4 is 11.7 Å². The molecular formula is C26H29N3O2. The summed E-state index contributed by atoms with van der Waals surface area (Å²) in [6.07, 6.45) is 0.845. The smallest absolute Gasteiger partial charge is 0.317 e. The van der Waals surface area contributed by atoms with Crippen LogP contribution in [0.1, 0.15) is 23.5 Å². The highest BCUT2D eigenvalue weighted by Gasteiger charge is 2.23. The number of aromatic hydroxyl groups is 1. The monoisotopic (exact) mass is 415 g/mol. The molecule has 0 aliphatic carbocycles. The standard InChI is InChI=1S/C26H29N3O2/c30-25-14-8-7-13-24(25)28-17-19-29(20-18-28)26(31)27-16-15-23(21-9-3-1-4-10-21)22-11-5-2-6-12-22/h1-14,23,30H,15-20H2,(H,27,31). The van der Waals surface area contributed by atoms with Gasteiger partial charge in [0.25, 0.3) is 0 Å². The van der Waals surface area contributed by atoms with E-state index in [0.29, 0.717) is 32.7 Å². The van der Waals surface area contributed by atoms with Crippen molar-refractivity contribution in [2.24, 2.45) is 0 Å². The Bertz CT molecular complexity index is 931. The molecule has 5 nitrogen and oxygen atoms in total. The molecule has 4 rings (SSSR count). The van der Waals surface area contributed by atoms with E-state index in [1.807, 2.05) is 35.2 Å². The summed E-state index contributed by atoms with van der Waals surface area (Å²) in [5, 5.41) is 13.2. The number of amides is 2. The molecule has 0 atom stereocenters. The molecule has 5 heteroatoms. The number of hydrogen-bond acceptors (Lipinski definition) is 3. The van der Waals surface area contributed by atoms with Crippen LogP contribution in [-0.2, 0) is 0 Å². The summed E-state index contributed by atoms with van der Waals surface area (Å²) in [5.74, 6) is 0.536. The number of carbonyl (C=O) groups excluding carboxylic acids is 1. The molecule has 3 aromatic carbocycles. The normalized spacial score (nSPS) is 14.0. The minimum Gasteiger partial charge on any atom is -0.506 e. The number of hydrogen-bond donors (Lipinski definition) is 2. The highest BCUT2D eigenvalue weighted by molar-refractivity contribution is 5.74. The molecule has 0 saturated carbocycles. The molecule has 1 saturated heterocycles. The van der Waals surface area contributed by atoms with E-state index < -0.39 is 0 Å². The molecule has 0 spiro atoms. The van der Waals surface area contributed by atoms with Crippen LogP contribution in [0.5, 0.6) is 5.75 Å². The number of rotatable bonds is 6. The molecule has 0 radical (unpaired) electrons. The van der Waals surface area contributed by atoms with E-state index in [4.69, 9.17) is 0 Å². The minimum absolute atomic E-state index is 0.0168. The molecule has 0 bridgehead atoms. The van der Waals surface area contributed by atoms with Gasteiger partial charge in [0.2, 0.25) is 0 Å². The molecule has 1 fully saturated rings. The topological polar surface area (TPSA) is 55.8 Å². The van der Waals surface area contributed by atoms with E-state index in [1.165, 1.54) is 11.1 Å². The molecule has 3 aromatic rings. The second-order valence-electron chi connectivity index (χ2n) is 7.86. The summed E-state index contributed by atoms with van der Waals surface area (Å²) in [5.41, 5.74) is 3.36. The lowest BCUT2D eigenvalue weighted by Gasteiger charge is -2.36. The zero-order valence-electron chi connectivity index (χ0n) is 17.7. The molecule has 0 unspecified atom stereocenters. The van der Waals surface area contributed by atoms with E-state index in [1.54, 1.807) is 6.07 Å². The summed E-state index contributed by atoms with van der Waals surface area (Å²) in [6.45, 7) is 3.32. The predicted octanol–water partition coefficient (Wildman–Crippen LogP) is 4.45. The summed E-state index contributed by atoms with van der Waals surface area (Å²) in [7, 11) is 0. The van der Waals surface area contributed by atoms with E-state index >= 15 is 0 Å². The molecule has 1 heterocycles. The zero-order valence-corrected chi connectivity index (χ0v) is 17.7. The van der Waals surface area contributed by atoms with Crippen LogP contribution in [0.3, 0.4) is 0 Å². The first-order valence-corrected chi connectivity index (χ1v) is 10.9. The number of urea groups is 1. The highest BCUT2D eigenvalue weighted by Crippen LogP contribution is 2.28. The van der Waals surface area contributed by atoms with Crippen molar-refractivity contribution in [3.63, 3.8) is 0 Å². The number of nitrogens with zero attached hydrogens (tertiary/aromatic N) is 2.